The minimum Gasteiger partial charge on any atom is -0.348 e. The second-order valence-corrected chi connectivity index (χ2v) is 7.08. The molecule has 2 aromatic carbocycles. The van der Waals surface area contributed by atoms with Crippen molar-refractivity contribution in [1.29, 1.82) is 5.26 Å². The maximum atomic E-state index is 13.7. The molecule has 1 N–H and O–H groups in total. The summed E-state index contributed by atoms with van der Waals surface area (Å²) in [6.07, 6.45) is -9.95. The van der Waals surface area contributed by atoms with Crippen molar-refractivity contribution in [3.8, 4) is 6.07 Å². The monoisotopic (exact) mass is 492 g/mol. The lowest BCUT2D eigenvalue weighted by molar-refractivity contribution is -0.137. The van der Waals surface area contributed by atoms with Gasteiger partial charge in [0, 0.05) is 10.6 Å². The largest absolute Gasteiger partial charge is 0.432 e. The van der Waals surface area contributed by atoms with Crippen LogP contribution in [0.1, 0.15) is 11.1 Å². The lowest BCUT2D eigenvalue weighted by Gasteiger charge is -2.20. The van der Waals surface area contributed by atoms with Gasteiger partial charge in [-0.3, -0.25) is 0 Å². The number of halogens is 10. The van der Waals surface area contributed by atoms with Gasteiger partial charge in [-0.15, -0.1) is 0 Å². The molecule has 12 heteroatoms. The molecule has 154 valence electrons. The molecule has 0 aliphatic heterocycles. The second-order valence-electron chi connectivity index (χ2n) is 5.42. The van der Waals surface area contributed by atoms with Crippen LogP contribution >= 0.6 is 46.4 Å². The third kappa shape index (κ3) is 5.43. The number of hydrogen-bond donors (Lipinski definition) is 1. The van der Waals surface area contributed by atoms with Crippen LogP contribution in [0, 0.1) is 11.3 Å². The molecular weight excluding hydrogens is 488 g/mol. The first kappa shape index (κ1) is 23.5. The van der Waals surface area contributed by atoms with Crippen molar-refractivity contribution in [3.63, 3.8) is 0 Å². The Hall–Kier alpha value is -1.79. The Morgan fingerprint density at radius 3 is 1.83 bits per heavy atom. The molecule has 0 bridgehead atoms. The number of hydrogen-bond acceptors (Lipinski definition) is 2. The number of nitrogens with one attached hydrogen (secondary N) is 1. The molecule has 0 spiro atoms. The summed E-state index contributed by atoms with van der Waals surface area (Å²) < 4.78 is 79.4. The molecule has 2 nitrogen and oxygen atoms in total. The summed E-state index contributed by atoms with van der Waals surface area (Å²) in [7, 11) is 0. The van der Waals surface area contributed by atoms with Gasteiger partial charge < -0.3 is 5.32 Å². The number of anilines is 1. The fourth-order valence-electron chi connectivity index (χ4n) is 2.20. The van der Waals surface area contributed by atoms with Gasteiger partial charge in [-0.1, -0.05) is 52.5 Å². The van der Waals surface area contributed by atoms with E-state index in [0.29, 0.717) is 12.1 Å². The molecule has 0 saturated carbocycles. The van der Waals surface area contributed by atoms with Crippen molar-refractivity contribution in [2.45, 2.75) is 12.4 Å². The molecule has 0 aromatic heterocycles. The predicted octanol–water partition coefficient (Wildman–Crippen LogP) is 8.23. The highest BCUT2D eigenvalue weighted by Crippen LogP contribution is 2.42. The van der Waals surface area contributed by atoms with E-state index in [2.05, 4.69) is 0 Å². The van der Waals surface area contributed by atoms with Gasteiger partial charge in [-0.2, -0.15) is 31.6 Å². The predicted molar refractivity (Wildman–Crippen MR) is 100 cm³/mol. The Morgan fingerprint density at radius 1 is 0.862 bits per heavy atom. The van der Waals surface area contributed by atoms with Crippen molar-refractivity contribution in [3.05, 3.63) is 67.2 Å². The summed E-state index contributed by atoms with van der Waals surface area (Å²) in [5.41, 5.74) is -4.78. The van der Waals surface area contributed by atoms with Gasteiger partial charge in [0.15, 0.2) is 0 Å². The van der Waals surface area contributed by atoms with E-state index in [0.717, 1.165) is 12.1 Å². The molecular formula is C17H6Cl4F6N2. The third-order valence-electron chi connectivity index (χ3n) is 3.47. The van der Waals surface area contributed by atoms with E-state index >= 15 is 0 Å². The summed E-state index contributed by atoms with van der Waals surface area (Å²) in [5.74, 6) is 0. The first-order valence-corrected chi connectivity index (χ1v) is 8.77. The minimum atomic E-state index is -5.14. The van der Waals surface area contributed by atoms with E-state index in [-0.39, 0.29) is 15.6 Å². The van der Waals surface area contributed by atoms with Crippen molar-refractivity contribution >= 4 is 57.7 Å². The fraction of sp³-hybridized carbons (Fsp3) is 0.118. The van der Waals surface area contributed by atoms with Crippen molar-refractivity contribution in [2.24, 2.45) is 0 Å². The van der Waals surface area contributed by atoms with Crippen molar-refractivity contribution in [1.82, 2.24) is 0 Å². The molecule has 0 radical (unpaired) electrons. The van der Waals surface area contributed by atoms with Gasteiger partial charge in [-0.25, -0.2) is 0 Å². The van der Waals surface area contributed by atoms with E-state index in [1.54, 1.807) is 0 Å². The molecule has 0 amide bonds. The van der Waals surface area contributed by atoms with Crippen LogP contribution in [-0.4, -0.2) is 6.18 Å². The van der Waals surface area contributed by atoms with Crippen molar-refractivity contribution in [2.75, 3.05) is 5.32 Å². The molecule has 0 aliphatic carbocycles. The summed E-state index contributed by atoms with van der Waals surface area (Å²) in [6.45, 7) is 0. The molecule has 0 atom stereocenters. The summed E-state index contributed by atoms with van der Waals surface area (Å²) >= 11 is 23.0. The third-order valence-corrected chi connectivity index (χ3v) is 4.61. The Bertz CT molecular complexity index is 999. The lowest BCUT2D eigenvalue weighted by Crippen LogP contribution is -2.21. The molecule has 0 unspecified atom stereocenters. The van der Waals surface area contributed by atoms with Crippen molar-refractivity contribution < 1.29 is 26.3 Å². The Balaban J connectivity index is 2.70. The quantitative estimate of drug-likeness (QED) is 0.345. The van der Waals surface area contributed by atoms with Gasteiger partial charge in [0.25, 0.3) is 0 Å². The number of benzene rings is 2. The average molecular weight is 494 g/mol. The highest BCUT2D eigenvalue weighted by Gasteiger charge is 2.39. The maximum absolute atomic E-state index is 13.7. The summed E-state index contributed by atoms with van der Waals surface area (Å²) in [5, 5.41) is 9.56. The van der Waals surface area contributed by atoms with Crippen LogP contribution in [-0.2, 0) is 6.18 Å². The Kier molecular flexibility index (Phi) is 6.90. The lowest BCUT2D eigenvalue weighted by atomic mass is 10.0. The zero-order chi connectivity index (χ0) is 22.1. The number of rotatable bonds is 3. The molecule has 0 saturated heterocycles. The van der Waals surface area contributed by atoms with Crippen LogP contribution in [0.5, 0.6) is 0 Å². The molecule has 0 heterocycles. The minimum absolute atomic E-state index is 0.117. The van der Waals surface area contributed by atoms with E-state index in [4.69, 9.17) is 46.4 Å². The van der Waals surface area contributed by atoms with Crippen LogP contribution in [0.15, 0.2) is 36.0 Å². The van der Waals surface area contributed by atoms with Gasteiger partial charge in [0.1, 0.15) is 11.8 Å². The standard InChI is InChI=1S/C17H6Cl4F6N2/c18-8-1-2-9(11(19)5-8)10(6-28)15(17(25,26)27)29-14-12(20)3-7(4-13(14)21)16(22,23)24/h1-5,29H/b15-10+. The maximum Gasteiger partial charge on any atom is 0.432 e. The Morgan fingerprint density at radius 2 is 1.41 bits per heavy atom. The van der Waals surface area contributed by atoms with E-state index < -0.39 is 44.9 Å². The topological polar surface area (TPSA) is 35.8 Å². The molecule has 0 fully saturated rings. The van der Waals surface area contributed by atoms with E-state index in [9.17, 15) is 31.6 Å². The fourth-order valence-corrected chi connectivity index (χ4v) is 3.28. The van der Waals surface area contributed by atoms with Crippen LogP contribution < -0.4 is 5.32 Å². The second kappa shape index (κ2) is 8.52. The van der Waals surface area contributed by atoms with Gasteiger partial charge in [0.05, 0.1) is 31.9 Å². The first-order chi connectivity index (χ1) is 13.3. The molecule has 29 heavy (non-hydrogen) atoms. The number of alkyl halides is 6. The number of nitriles is 1. The zero-order valence-corrected chi connectivity index (χ0v) is 16.6. The smallest absolute Gasteiger partial charge is 0.348 e. The van der Waals surface area contributed by atoms with Crippen LogP contribution in [0.3, 0.4) is 0 Å². The number of allylic oxidation sites excluding steroid dienone is 2. The molecule has 0 aliphatic rings. The summed E-state index contributed by atoms with van der Waals surface area (Å²) in [4.78, 5) is 0. The molecule has 2 rings (SSSR count). The van der Waals surface area contributed by atoms with Gasteiger partial charge in [-0.05, 0) is 24.3 Å². The highest BCUT2D eigenvalue weighted by atomic mass is 35.5. The first-order valence-electron chi connectivity index (χ1n) is 7.26. The summed E-state index contributed by atoms with van der Waals surface area (Å²) in [6, 6.07) is 5.63. The highest BCUT2D eigenvalue weighted by molar-refractivity contribution is 6.39. The molecule has 2 aromatic rings. The van der Waals surface area contributed by atoms with E-state index in [1.165, 1.54) is 12.1 Å². The van der Waals surface area contributed by atoms with E-state index in [1.807, 2.05) is 5.32 Å². The van der Waals surface area contributed by atoms with Gasteiger partial charge in [0.2, 0.25) is 0 Å². The number of nitrogens with zero attached hydrogens (tertiary/aromatic N) is 1. The van der Waals surface area contributed by atoms with Crippen LogP contribution in [0.25, 0.3) is 5.57 Å². The SMILES string of the molecule is N#C/C(=C(\Nc1c(Cl)cc(C(F)(F)F)cc1Cl)C(F)(F)F)c1ccc(Cl)cc1Cl. The average Bonchev–Trinajstić information content (AvgIpc) is 2.56. The Labute approximate surface area is 180 Å². The van der Waals surface area contributed by atoms with Crippen LogP contribution in [0.2, 0.25) is 20.1 Å². The van der Waals surface area contributed by atoms with Gasteiger partial charge >= 0.3 is 12.4 Å². The normalized spacial score (nSPS) is 13.0. The zero-order valence-electron chi connectivity index (χ0n) is 13.6. The van der Waals surface area contributed by atoms with Crippen LogP contribution in [0.4, 0.5) is 32.0 Å².